The van der Waals surface area contributed by atoms with Crippen molar-refractivity contribution in [2.75, 3.05) is 19.6 Å². The number of fused-ring (bicyclic) bond motifs is 4. The molecule has 1 aromatic carbocycles. The second-order valence-electron chi connectivity index (χ2n) is 9.12. The molecule has 2 aromatic heterocycles. The lowest BCUT2D eigenvalue weighted by molar-refractivity contribution is 0.681. The molecule has 0 fully saturated rings. The summed E-state index contributed by atoms with van der Waals surface area (Å²) < 4.78 is 0. The van der Waals surface area contributed by atoms with Gasteiger partial charge in [-0.25, -0.2) is 9.97 Å². The predicted molar refractivity (Wildman–Crippen MR) is 161 cm³/mol. The molecule has 0 saturated heterocycles. The molecule has 1 aliphatic heterocycles. The minimum atomic E-state index is -0.0876. The number of thiocarbonyl (C=S) groups is 1. The van der Waals surface area contributed by atoms with Gasteiger partial charge in [-0.2, -0.15) is 4.99 Å². The number of hydrogen-bond acceptors (Lipinski definition) is 8. The number of aliphatic imine (C=N–C) groups is 5. The van der Waals surface area contributed by atoms with Crippen LogP contribution < -0.4 is 0 Å². The van der Waals surface area contributed by atoms with Crippen LogP contribution in [0.3, 0.4) is 0 Å². The Bertz CT molecular complexity index is 1460. The minimum Gasteiger partial charge on any atom is -0.286 e. The number of benzene rings is 1. The Labute approximate surface area is 229 Å². The van der Waals surface area contributed by atoms with Crippen LogP contribution in [-0.4, -0.2) is 63.7 Å². The van der Waals surface area contributed by atoms with Crippen molar-refractivity contribution < 1.29 is 0 Å². The maximum Gasteiger partial charge on any atom is 0.0845 e. The molecule has 7 nitrogen and oxygen atoms in total. The van der Waals surface area contributed by atoms with Gasteiger partial charge >= 0.3 is 0 Å². The zero-order valence-electron chi connectivity index (χ0n) is 22.2. The highest BCUT2D eigenvalue weighted by Crippen LogP contribution is 2.16. The van der Waals surface area contributed by atoms with Crippen LogP contribution in [0.4, 0.5) is 5.69 Å². The fraction of sp³-hybridized carbons (Fsp3) is 0.300. The maximum absolute atomic E-state index is 5.09. The van der Waals surface area contributed by atoms with Crippen LogP contribution in [-0.2, 0) is 6.42 Å². The Hall–Kier alpha value is -4.00. The lowest BCUT2D eigenvalue weighted by Crippen LogP contribution is -2.18. The quantitative estimate of drug-likeness (QED) is 0.324. The standard InChI is InChI=1S/C30H31N7S/c1-20-27-7-5-9-29(36-27)22(3)33-18-26(17-24-11-13-25(14-12-24)34-19-38)35-23(4)30-10-6-8-28(37-30)21(2)32-16-15-31-20/h5-14,26H,15-18H2,1-4H3/t26-/m0/s1. The molecule has 0 spiro atoms. The first-order valence-electron chi connectivity index (χ1n) is 12.6. The first-order chi connectivity index (χ1) is 18.4. The minimum absolute atomic E-state index is 0.0876. The molecule has 38 heavy (non-hydrogen) atoms. The van der Waals surface area contributed by atoms with Gasteiger partial charge in [0.15, 0.2) is 0 Å². The Morgan fingerprint density at radius 2 is 1.21 bits per heavy atom. The van der Waals surface area contributed by atoms with Gasteiger partial charge in [0.2, 0.25) is 0 Å². The molecule has 4 bridgehead atoms. The van der Waals surface area contributed by atoms with Gasteiger partial charge in [0.25, 0.3) is 0 Å². The second-order valence-corrected chi connectivity index (χ2v) is 9.30. The molecule has 0 saturated carbocycles. The predicted octanol–water partition coefficient (Wildman–Crippen LogP) is 5.77. The van der Waals surface area contributed by atoms with Crippen LogP contribution in [0.15, 0.2) is 85.6 Å². The Kier molecular flexibility index (Phi) is 9.25. The van der Waals surface area contributed by atoms with E-state index in [0.717, 1.165) is 63.3 Å². The highest BCUT2D eigenvalue weighted by atomic mass is 32.1. The Morgan fingerprint density at radius 1 is 0.711 bits per heavy atom. The molecule has 8 heteroatoms. The third kappa shape index (κ3) is 7.28. The van der Waals surface area contributed by atoms with Crippen molar-refractivity contribution in [1.29, 1.82) is 0 Å². The summed E-state index contributed by atoms with van der Waals surface area (Å²) in [5, 5.41) is 2.41. The zero-order chi connectivity index (χ0) is 26.9. The highest BCUT2D eigenvalue weighted by Gasteiger charge is 2.13. The van der Waals surface area contributed by atoms with Crippen molar-refractivity contribution in [3.05, 3.63) is 89.0 Å². The summed E-state index contributed by atoms with van der Waals surface area (Å²) in [6, 6.07) is 19.8. The smallest absolute Gasteiger partial charge is 0.0845 e. The molecular formula is C30H31N7S. The molecule has 192 valence electrons. The number of pyridine rings is 2. The zero-order valence-corrected chi connectivity index (χ0v) is 23.0. The summed E-state index contributed by atoms with van der Waals surface area (Å²) in [5.41, 5.74) is 8.77. The monoisotopic (exact) mass is 521 g/mol. The molecule has 1 aliphatic rings. The van der Waals surface area contributed by atoms with Gasteiger partial charge in [-0.05, 0) is 88.3 Å². The van der Waals surface area contributed by atoms with E-state index in [1.165, 1.54) is 0 Å². The van der Waals surface area contributed by atoms with Crippen LogP contribution in [0.25, 0.3) is 0 Å². The summed E-state index contributed by atoms with van der Waals surface area (Å²) in [4.78, 5) is 33.1. The van der Waals surface area contributed by atoms with Gasteiger partial charge in [0.1, 0.15) is 0 Å². The van der Waals surface area contributed by atoms with Crippen molar-refractivity contribution in [1.82, 2.24) is 9.97 Å². The number of hydrogen-bond donors (Lipinski definition) is 0. The lowest BCUT2D eigenvalue weighted by Gasteiger charge is -2.14. The van der Waals surface area contributed by atoms with Gasteiger partial charge in [0.05, 0.1) is 82.1 Å². The summed E-state index contributed by atoms with van der Waals surface area (Å²) in [5.74, 6) is 0. The van der Waals surface area contributed by atoms with E-state index < -0.39 is 0 Å². The van der Waals surface area contributed by atoms with E-state index in [1.54, 1.807) is 0 Å². The normalized spacial score (nSPS) is 16.6. The molecule has 4 rings (SSSR count). The Morgan fingerprint density at radius 3 is 1.74 bits per heavy atom. The lowest BCUT2D eigenvalue weighted by atomic mass is 10.1. The average Bonchev–Trinajstić information content (AvgIpc) is 2.94. The summed E-state index contributed by atoms with van der Waals surface area (Å²) in [6.45, 7) is 9.64. The van der Waals surface area contributed by atoms with E-state index in [1.807, 2.05) is 88.4 Å². The summed E-state index contributed by atoms with van der Waals surface area (Å²) in [7, 11) is 0. The van der Waals surface area contributed by atoms with Crippen molar-refractivity contribution in [2.45, 2.75) is 40.2 Å². The highest BCUT2D eigenvalue weighted by molar-refractivity contribution is 7.78. The molecule has 3 aromatic rings. The van der Waals surface area contributed by atoms with Crippen molar-refractivity contribution in [3.63, 3.8) is 0 Å². The molecule has 0 radical (unpaired) electrons. The van der Waals surface area contributed by atoms with Gasteiger partial charge < -0.3 is 0 Å². The van der Waals surface area contributed by atoms with Crippen LogP contribution in [0.2, 0.25) is 0 Å². The number of rotatable bonds is 3. The molecule has 1 atom stereocenters. The molecule has 0 unspecified atom stereocenters. The number of isothiocyanates is 1. The van der Waals surface area contributed by atoms with Gasteiger partial charge in [-0.1, -0.05) is 24.3 Å². The van der Waals surface area contributed by atoms with E-state index in [4.69, 9.17) is 42.2 Å². The van der Waals surface area contributed by atoms with Crippen LogP contribution >= 0.6 is 12.2 Å². The van der Waals surface area contributed by atoms with E-state index in [9.17, 15) is 0 Å². The second kappa shape index (κ2) is 13.0. The summed E-state index contributed by atoms with van der Waals surface area (Å²) >= 11 is 4.72. The van der Waals surface area contributed by atoms with Crippen molar-refractivity contribution in [2.24, 2.45) is 25.0 Å². The first-order valence-corrected chi connectivity index (χ1v) is 13.0. The number of nitrogens with zero attached hydrogens (tertiary/aromatic N) is 7. The SMILES string of the molecule is CC1=NCCN=C(C)c2cccc(n2)C(C)=N[C@@H](Cc2ccc(N=C=S)cc2)CN=C(C)c2cccc1n2. The fourth-order valence-corrected chi connectivity index (χ4v) is 4.22. The van der Waals surface area contributed by atoms with Crippen molar-refractivity contribution >= 4 is 45.9 Å². The molecule has 0 aliphatic carbocycles. The Balaban J connectivity index is 1.74. The topological polar surface area (TPSA) is 87.6 Å². The molecule has 0 amide bonds. The van der Waals surface area contributed by atoms with Gasteiger partial charge in [-0.15, -0.1) is 0 Å². The molecule has 3 heterocycles. The van der Waals surface area contributed by atoms with E-state index >= 15 is 0 Å². The van der Waals surface area contributed by atoms with Crippen LogP contribution in [0.1, 0.15) is 56.0 Å². The molecular weight excluding hydrogens is 490 g/mol. The van der Waals surface area contributed by atoms with Crippen molar-refractivity contribution in [3.8, 4) is 0 Å². The first kappa shape index (κ1) is 27.0. The van der Waals surface area contributed by atoms with Gasteiger partial charge in [0, 0.05) is 0 Å². The van der Waals surface area contributed by atoms with Crippen LogP contribution in [0.5, 0.6) is 0 Å². The van der Waals surface area contributed by atoms with E-state index in [2.05, 4.69) is 10.2 Å². The van der Waals surface area contributed by atoms with E-state index in [0.29, 0.717) is 19.6 Å². The maximum atomic E-state index is 5.09. The van der Waals surface area contributed by atoms with Crippen LogP contribution in [0, 0.1) is 0 Å². The third-order valence-corrected chi connectivity index (χ3v) is 6.37. The fourth-order valence-electron chi connectivity index (χ4n) is 4.12. The summed E-state index contributed by atoms with van der Waals surface area (Å²) in [6.07, 6.45) is 0.717. The van der Waals surface area contributed by atoms with E-state index in [-0.39, 0.29) is 6.04 Å². The molecule has 0 N–H and O–H groups in total. The third-order valence-electron chi connectivity index (χ3n) is 6.28. The van der Waals surface area contributed by atoms with Gasteiger partial charge in [-0.3, -0.25) is 20.0 Å². The largest absolute Gasteiger partial charge is 0.286 e. The number of aromatic nitrogens is 2. The average molecular weight is 522 g/mol.